The van der Waals surface area contributed by atoms with Crippen molar-refractivity contribution >= 4 is 22.5 Å². The molecule has 0 spiro atoms. The summed E-state index contributed by atoms with van der Waals surface area (Å²) in [6, 6.07) is 13.2. The van der Waals surface area contributed by atoms with Crippen LogP contribution < -0.4 is 5.32 Å². The number of amides is 1. The van der Waals surface area contributed by atoms with Crippen LogP contribution in [0.2, 0.25) is 0 Å². The van der Waals surface area contributed by atoms with Gasteiger partial charge in [-0.05, 0) is 87.3 Å². The van der Waals surface area contributed by atoms with Crippen LogP contribution in [0.15, 0.2) is 42.6 Å². The van der Waals surface area contributed by atoms with E-state index in [-0.39, 0.29) is 12.5 Å². The predicted molar refractivity (Wildman–Crippen MR) is 171 cm³/mol. The lowest BCUT2D eigenvalue weighted by atomic mass is 9.90. The molecule has 2 aliphatic rings. The molecule has 2 fully saturated rings. The molecule has 3 aromatic rings. The number of nitriles is 1. The van der Waals surface area contributed by atoms with Crippen molar-refractivity contribution in [3.8, 4) is 17.9 Å². The lowest BCUT2D eigenvalue weighted by Gasteiger charge is -2.34. The van der Waals surface area contributed by atoms with Crippen molar-refractivity contribution in [3.05, 3.63) is 59.5 Å². The Morgan fingerprint density at radius 2 is 1.85 bits per heavy atom. The number of aromatic nitrogens is 2. The van der Waals surface area contributed by atoms with Crippen molar-refractivity contribution in [1.82, 2.24) is 19.4 Å². The molecule has 0 unspecified atom stereocenters. The van der Waals surface area contributed by atoms with Gasteiger partial charge in [0.25, 0.3) is 0 Å². The van der Waals surface area contributed by atoms with Crippen LogP contribution >= 0.6 is 0 Å². The summed E-state index contributed by atoms with van der Waals surface area (Å²) in [5.74, 6) is 6.57. The largest absolute Gasteiger partial charge is 0.406 e. The number of hydrogen-bond acceptors (Lipinski definition) is 6. The number of aryl methyl sites for hydroxylation is 1. The topological polar surface area (TPSA) is 86.4 Å². The summed E-state index contributed by atoms with van der Waals surface area (Å²) in [7, 11) is 0. The van der Waals surface area contributed by atoms with Gasteiger partial charge in [-0.3, -0.25) is 14.7 Å². The molecule has 2 aromatic heterocycles. The van der Waals surface area contributed by atoms with E-state index in [1.807, 2.05) is 17.0 Å². The number of nitrogens with zero attached hydrogens (tertiary/aromatic N) is 5. The van der Waals surface area contributed by atoms with Gasteiger partial charge in [-0.2, -0.15) is 18.4 Å². The fourth-order valence-electron chi connectivity index (χ4n) is 6.03. The quantitative estimate of drug-likeness (QED) is 0.319. The Kier molecular flexibility index (Phi) is 10.6. The second-order valence-electron chi connectivity index (χ2n) is 12.7. The Morgan fingerprint density at radius 3 is 2.52 bits per heavy atom. The van der Waals surface area contributed by atoms with Crippen molar-refractivity contribution < 1.29 is 22.7 Å². The van der Waals surface area contributed by atoms with Gasteiger partial charge in [0, 0.05) is 37.1 Å². The maximum absolute atomic E-state index is 13.5. The Labute approximate surface area is 268 Å². The van der Waals surface area contributed by atoms with Gasteiger partial charge in [0.15, 0.2) is 0 Å². The summed E-state index contributed by atoms with van der Waals surface area (Å²) in [6.07, 6.45) is 0.963. The van der Waals surface area contributed by atoms with Gasteiger partial charge in [0.1, 0.15) is 6.54 Å². The molecule has 2 aliphatic heterocycles. The highest BCUT2D eigenvalue weighted by Gasteiger charge is 2.30. The van der Waals surface area contributed by atoms with E-state index >= 15 is 0 Å². The molecule has 0 bridgehead atoms. The van der Waals surface area contributed by atoms with Gasteiger partial charge in [-0.15, -0.1) is 0 Å². The smallest absolute Gasteiger partial charge is 0.379 e. The molecule has 244 valence electrons. The number of benzene rings is 1. The zero-order valence-electron chi connectivity index (χ0n) is 26.5. The molecular weight excluding hydrogens is 593 g/mol. The molecule has 1 aromatic carbocycles. The van der Waals surface area contributed by atoms with Crippen LogP contribution in [0.5, 0.6) is 0 Å². The molecule has 4 heterocycles. The summed E-state index contributed by atoms with van der Waals surface area (Å²) in [4.78, 5) is 21.2. The number of fused-ring (bicyclic) bond motifs is 1. The van der Waals surface area contributed by atoms with Gasteiger partial charge in [-0.25, -0.2) is 0 Å². The Bertz CT molecular complexity index is 1600. The molecule has 0 radical (unpaired) electrons. The standard InChI is InChI=1S/C35H41F3N6O2/c1-34(2,24-39)32-10-8-29(22-41-32)40-13-3-4-30-21-28-20-27(7-9-31(28)44(30)25-35(36,37)38)6-5-26-11-14-43(15-12-26)33(45)23-42-16-18-46-19-17-42/h7-10,20-22,26,40H,5-6,11-19,23,25H2,1-2H3. The number of alkyl halides is 3. The van der Waals surface area contributed by atoms with E-state index in [1.54, 1.807) is 44.3 Å². The molecule has 11 heteroatoms. The average Bonchev–Trinajstić information content (AvgIpc) is 3.37. The zero-order valence-corrected chi connectivity index (χ0v) is 26.5. The Balaban J connectivity index is 1.18. The van der Waals surface area contributed by atoms with Gasteiger partial charge in [0.05, 0.1) is 61.1 Å². The van der Waals surface area contributed by atoms with Gasteiger partial charge in [0.2, 0.25) is 5.91 Å². The van der Waals surface area contributed by atoms with Crippen molar-refractivity contribution in [2.75, 3.05) is 57.8 Å². The SMILES string of the molecule is CC(C)(C#N)c1ccc(NCC#Cc2cc3cc(CCC4CCN(C(=O)CN5CCOCC5)CC4)ccc3n2CC(F)(F)F)cn1. The Morgan fingerprint density at radius 1 is 1.09 bits per heavy atom. The first-order valence-electron chi connectivity index (χ1n) is 15.9. The van der Waals surface area contributed by atoms with Gasteiger partial charge in [-0.1, -0.05) is 12.0 Å². The van der Waals surface area contributed by atoms with Crippen LogP contribution in [-0.4, -0.2) is 83.9 Å². The van der Waals surface area contributed by atoms with Gasteiger partial charge < -0.3 is 19.5 Å². The number of halogens is 3. The summed E-state index contributed by atoms with van der Waals surface area (Å²) >= 11 is 0. The van der Waals surface area contributed by atoms with E-state index in [0.717, 1.165) is 62.8 Å². The number of piperidine rings is 1. The third kappa shape index (κ3) is 8.80. The van der Waals surface area contributed by atoms with E-state index in [2.05, 4.69) is 33.1 Å². The van der Waals surface area contributed by atoms with Crippen LogP contribution in [0.3, 0.4) is 0 Å². The van der Waals surface area contributed by atoms with Crippen molar-refractivity contribution in [3.63, 3.8) is 0 Å². The number of morpholine rings is 1. The summed E-state index contributed by atoms with van der Waals surface area (Å²) in [5.41, 5.74) is 2.55. The van der Waals surface area contributed by atoms with E-state index in [1.165, 1.54) is 4.57 Å². The van der Waals surface area contributed by atoms with Crippen LogP contribution in [0.4, 0.5) is 18.9 Å². The third-order valence-corrected chi connectivity index (χ3v) is 8.85. The van der Waals surface area contributed by atoms with E-state index in [0.29, 0.717) is 48.3 Å². The third-order valence-electron chi connectivity index (χ3n) is 8.85. The monoisotopic (exact) mass is 634 g/mol. The summed E-state index contributed by atoms with van der Waals surface area (Å²) in [6.45, 7) is 7.64. The highest BCUT2D eigenvalue weighted by molar-refractivity contribution is 5.83. The van der Waals surface area contributed by atoms with E-state index in [4.69, 9.17) is 4.74 Å². The fourth-order valence-corrected chi connectivity index (χ4v) is 6.03. The van der Waals surface area contributed by atoms with Crippen molar-refractivity contribution in [2.24, 2.45) is 5.92 Å². The lowest BCUT2D eigenvalue weighted by molar-refractivity contribution is -0.140. The number of pyridine rings is 1. The molecule has 0 atom stereocenters. The van der Waals surface area contributed by atoms with Crippen LogP contribution in [-0.2, 0) is 27.9 Å². The highest BCUT2D eigenvalue weighted by atomic mass is 19.4. The van der Waals surface area contributed by atoms with Crippen molar-refractivity contribution in [2.45, 2.75) is 57.7 Å². The minimum Gasteiger partial charge on any atom is -0.379 e. The summed E-state index contributed by atoms with van der Waals surface area (Å²) < 4.78 is 47.2. The highest BCUT2D eigenvalue weighted by Crippen LogP contribution is 2.28. The van der Waals surface area contributed by atoms with Crippen LogP contribution in [0, 0.1) is 29.1 Å². The minimum absolute atomic E-state index is 0.190. The second-order valence-corrected chi connectivity index (χ2v) is 12.7. The lowest BCUT2D eigenvalue weighted by Crippen LogP contribution is -2.47. The molecular formula is C35H41F3N6O2. The molecule has 0 aliphatic carbocycles. The van der Waals surface area contributed by atoms with Crippen molar-refractivity contribution in [1.29, 1.82) is 5.26 Å². The average molecular weight is 635 g/mol. The van der Waals surface area contributed by atoms with Crippen LogP contribution in [0.1, 0.15) is 50.1 Å². The number of hydrogen-bond donors (Lipinski definition) is 1. The predicted octanol–water partition coefficient (Wildman–Crippen LogP) is 5.37. The molecule has 2 saturated heterocycles. The van der Waals surface area contributed by atoms with E-state index in [9.17, 15) is 23.2 Å². The number of likely N-dealkylation sites (tertiary alicyclic amines) is 1. The molecule has 8 nitrogen and oxygen atoms in total. The van der Waals surface area contributed by atoms with Crippen LogP contribution in [0.25, 0.3) is 10.9 Å². The molecule has 0 saturated carbocycles. The normalized spacial score (nSPS) is 16.6. The fraction of sp³-hybridized carbons (Fsp3) is 0.514. The second kappa shape index (κ2) is 14.6. The first-order valence-corrected chi connectivity index (χ1v) is 15.9. The van der Waals surface area contributed by atoms with Gasteiger partial charge >= 0.3 is 6.18 Å². The maximum atomic E-state index is 13.5. The Hall–Kier alpha value is -4.06. The first kappa shape index (κ1) is 33.3. The van der Waals surface area contributed by atoms with E-state index < -0.39 is 18.1 Å². The number of nitrogens with one attached hydrogen (secondary N) is 1. The number of anilines is 1. The molecule has 46 heavy (non-hydrogen) atoms. The number of ether oxygens (including phenoxy) is 1. The number of carbonyl (C=O) groups is 1. The molecule has 1 N–H and O–H groups in total. The number of carbonyl (C=O) groups excluding carboxylic acids is 1. The summed E-state index contributed by atoms with van der Waals surface area (Å²) in [5, 5.41) is 13.1. The molecule has 1 amide bonds. The number of rotatable bonds is 9. The first-order chi connectivity index (χ1) is 22.0. The molecule has 5 rings (SSSR count). The zero-order chi connectivity index (χ0) is 32.7. The minimum atomic E-state index is -4.39. The maximum Gasteiger partial charge on any atom is 0.406 e.